The normalized spacial score (nSPS) is 15.1. The summed E-state index contributed by atoms with van der Waals surface area (Å²) in [4.78, 5) is 11.6. The average Bonchev–Trinajstić information content (AvgIpc) is 2.28. The molecule has 100 valence electrons. The Morgan fingerprint density at radius 2 is 1.78 bits per heavy atom. The standard InChI is InChI=1S/C14H20O3S/c1-5-12(13(15)16)18(17)11-8-6-10(7-9-11)14(2,3)4/h6-9,12H,5H2,1-4H3,(H,15,16). The Morgan fingerprint density at radius 1 is 1.28 bits per heavy atom. The van der Waals surface area contributed by atoms with Gasteiger partial charge in [0.1, 0.15) is 5.25 Å². The Kier molecular flexibility index (Phi) is 4.68. The molecule has 0 radical (unpaired) electrons. The number of hydrogen-bond acceptors (Lipinski definition) is 2. The van der Waals surface area contributed by atoms with Gasteiger partial charge in [0.2, 0.25) is 0 Å². The van der Waals surface area contributed by atoms with Crippen molar-refractivity contribution in [3.8, 4) is 0 Å². The molecule has 0 aromatic heterocycles. The minimum absolute atomic E-state index is 0.0387. The van der Waals surface area contributed by atoms with Gasteiger partial charge in [0.05, 0.1) is 10.8 Å². The van der Waals surface area contributed by atoms with E-state index >= 15 is 0 Å². The largest absolute Gasteiger partial charge is 0.480 e. The van der Waals surface area contributed by atoms with Crippen molar-refractivity contribution >= 4 is 16.8 Å². The third-order valence-electron chi connectivity index (χ3n) is 2.86. The molecule has 1 aromatic carbocycles. The zero-order valence-corrected chi connectivity index (χ0v) is 12.1. The van der Waals surface area contributed by atoms with E-state index in [9.17, 15) is 9.00 Å². The predicted molar refractivity (Wildman–Crippen MR) is 73.3 cm³/mol. The van der Waals surface area contributed by atoms with Crippen molar-refractivity contribution < 1.29 is 14.1 Å². The van der Waals surface area contributed by atoms with Crippen molar-refractivity contribution in [1.82, 2.24) is 0 Å². The van der Waals surface area contributed by atoms with E-state index in [4.69, 9.17) is 5.11 Å². The van der Waals surface area contributed by atoms with Gasteiger partial charge in [0, 0.05) is 4.90 Å². The van der Waals surface area contributed by atoms with Crippen molar-refractivity contribution in [3.63, 3.8) is 0 Å². The second-order valence-electron chi connectivity index (χ2n) is 5.31. The Bertz CT molecular complexity index is 443. The van der Waals surface area contributed by atoms with Gasteiger partial charge in [-0.3, -0.25) is 9.00 Å². The van der Waals surface area contributed by atoms with Crippen LogP contribution in [-0.4, -0.2) is 20.5 Å². The lowest BCUT2D eigenvalue weighted by Crippen LogP contribution is -2.24. The van der Waals surface area contributed by atoms with Gasteiger partial charge in [-0.05, 0) is 29.5 Å². The third-order valence-corrected chi connectivity index (χ3v) is 4.65. The van der Waals surface area contributed by atoms with Crippen molar-refractivity contribution in [3.05, 3.63) is 29.8 Å². The van der Waals surface area contributed by atoms with Gasteiger partial charge >= 0.3 is 5.97 Å². The summed E-state index contributed by atoms with van der Waals surface area (Å²) < 4.78 is 12.1. The first-order valence-electron chi connectivity index (χ1n) is 6.01. The zero-order chi connectivity index (χ0) is 13.9. The van der Waals surface area contributed by atoms with E-state index < -0.39 is 22.0 Å². The minimum Gasteiger partial charge on any atom is -0.480 e. The number of benzene rings is 1. The summed E-state index contributed by atoms with van der Waals surface area (Å²) in [5.74, 6) is -1.00. The molecule has 2 unspecified atom stereocenters. The Hall–Kier alpha value is -1.16. The molecular formula is C14H20O3S. The quantitative estimate of drug-likeness (QED) is 0.913. The van der Waals surface area contributed by atoms with E-state index in [-0.39, 0.29) is 5.41 Å². The fourth-order valence-corrected chi connectivity index (χ4v) is 2.89. The maximum absolute atomic E-state index is 12.1. The van der Waals surface area contributed by atoms with Crippen LogP contribution in [0.15, 0.2) is 29.2 Å². The molecule has 0 saturated heterocycles. The van der Waals surface area contributed by atoms with Crippen LogP contribution < -0.4 is 0 Å². The summed E-state index contributed by atoms with van der Waals surface area (Å²) in [6.07, 6.45) is 0.364. The van der Waals surface area contributed by atoms with Crippen molar-refractivity contribution in [1.29, 1.82) is 0 Å². The summed E-state index contributed by atoms with van der Waals surface area (Å²) in [6.45, 7) is 8.04. The van der Waals surface area contributed by atoms with E-state index in [1.54, 1.807) is 19.1 Å². The number of aliphatic carboxylic acids is 1. The lowest BCUT2D eigenvalue weighted by Gasteiger charge is -2.19. The molecule has 0 spiro atoms. The van der Waals surface area contributed by atoms with Gasteiger partial charge < -0.3 is 5.11 Å². The molecule has 1 aromatic rings. The lowest BCUT2D eigenvalue weighted by atomic mass is 9.87. The van der Waals surface area contributed by atoms with Crippen LogP contribution in [0.25, 0.3) is 0 Å². The van der Waals surface area contributed by atoms with Crippen LogP contribution in [0.1, 0.15) is 39.7 Å². The predicted octanol–water partition coefficient (Wildman–Crippen LogP) is 2.95. The second kappa shape index (κ2) is 5.65. The summed E-state index contributed by atoms with van der Waals surface area (Å²) in [7, 11) is -1.49. The molecule has 18 heavy (non-hydrogen) atoms. The maximum atomic E-state index is 12.1. The molecule has 2 atom stereocenters. The van der Waals surface area contributed by atoms with Gasteiger partial charge in [0.25, 0.3) is 0 Å². The van der Waals surface area contributed by atoms with Crippen molar-refractivity contribution in [2.45, 2.75) is 49.7 Å². The smallest absolute Gasteiger partial charge is 0.319 e. The SMILES string of the molecule is CCC(C(=O)O)S(=O)c1ccc(C(C)(C)C)cc1. The number of hydrogen-bond donors (Lipinski definition) is 1. The first-order valence-corrected chi connectivity index (χ1v) is 7.22. The van der Waals surface area contributed by atoms with Crippen molar-refractivity contribution in [2.24, 2.45) is 0 Å². The molecular weight excluding hydrogens is 248 g/mol. The second-order valence-corrected chi connectivity index (χ2v) is 6.94. The van der Waals surface area contributed by atoms with Crippen LogP contribution in [0.5, 0.6) is 0 Å². The number of carboxylic acid groups (broad SMARTS) is 1. The molecule has 0 aliphatic heterocycles. The van der Waals surface area contributed by atoms with E-state index in [1.807, 2.05) is 12.1 Å². The summed E-state index contributed by atoms with van der Waals surface area (Å²) >= 11 is 0. The molecule has 1 rings (SSSR count). The Labute approximate surface area is 111 Å². The Balaban J connectivity index is 2.99. The summed E-state index contributed by atoms with van der Waals surface area (Å²) in [5.41, 5.74) is 1.18. The molecule has 4 heteroatoms. The van der Waals surface area contributed by atoms with Gasteiger partial charge in [-0.15, -0.1) is 0 Å². The lowest BCUT2D eigenvalue weighted by molar-refractivity contribution is -0.136. The van der Waals surface area contributed by atoms with Crippen LogP contribution in [0, 0.1) is 0 Å². The Morgan fingerprint density at radius 3 is 2.11 bits per heavy atom. The fraction of sp³-hybridized carbons (Fsp3) is 0.500. The van der Waals surface area contributed by atoms with Crippen LogP contribution >= 0.6 is 0 Å². The first-order chi connectivity index (χ1) is 8.27. The summed E-state index contributed by atoms with van der Waals surface area (Å²) in [5, 5.41) is 8.17. The minimum atomic E-state index is -1.49. The van der Waals surface area contributed by atoms with Gasteiger partial charge in [0.15, 0.2) is 0 Å². The molecule has 0 aliphatic carbocycles. The molecule has 1 N–H and O–H groups in total. The van der Waals surface area contributed by atoms with Gasteiger partial charge in [-0.1, -0.05) is 39.8 Å². The van der Waals surface area contributed by atoms with Gasteiger partial charge in [-0.2, -0.15) is 0 Å². The highest BCUT2D eigenvalue weighted by molar-refractivity contribution is 7.86. The summed E-state index contributed by atoms with van der Waals surface area (Å²) in [6, 6.07) is 7.37. The third kappa shape index (κ3) is 3.42. The number of rotatable bonds is 4. The molecule has 0 aliphatic rings. The molecule has 0 heterocycles. The molecule has 3 nitrogen and oxygen atoms in total. The first kappa shape index (κ1) is 14.9. The van der Waals surface area contributed by atoms with Crippen LogP contribution in [0.4, 0.5) is 0 Å². The van der Waals surface area contributed by atoms with E-state index in [0.29, 0.717) is 11.3 Å². The van der Waals surface area contributed by atoms with Crippen LogP contribution in [0.3, 0.4) is 0 Å². The topological polar surface area (TPSA) is 54.4 Å². The van der Waals surface area contributed by atoms with Crippen molar-refractivity contribution in [2.75, 3.05) is 0 Å². The van der Waals surface area contributed by atoms with E-state index in [0.717, 1.165) is 5.56 Å². The van der Waals surface area contributed by atoms with Crippen LogP contribution in [0.2, 0.25) is 0 Å². The number of carbonyl (C=O) groups is 1. The van der Waals surface area contributed by atoms with E-state index in [1.165, 1.54) is 0 Å². The maximum Gasteiger partial charge on any atom is 0.319 e. The molecule has 0 amide bonds. The van der Waals surface area contributed by atoms with Gasteiger partial charge in [-0.25, -0.2) is 0 Å². The molecule has 0 bridgehead atoms. The van der Waals surface area contributed by atoms with E-state index in [2.05, 4.69) is 20.8 Å². The van der Waals surface area contributed by atoms with Crippen LogP contribution in [-0.2, 0) is 21.0 Å². The fourth-order valence-electron chi connectivity index (χ4n) is 1.67. The molecule has 0 saturated carbocycles. The monoisotopic (exact) mass is 268 g/mol. The molecule has 0 fully saturated rings. The highest BCUT2D eigenvalue weighted by atomic mass is 32.2. The highest BCUT2D eigenvalue weighted by Crippen LogP contribution is 2.24. The average molecular weight is 268 g/mol. The highest BCUT2D eigenvalue weighted by Gasteiger charge is 2.24. The number of carboxylic acids is 1. The zero-order valence-electron chi connectivity index (χ0n) is 11.3.